The van der Waals surface area contributed by atoms with Gasteiger partial charge in [-0.1, -0.05) is 33.1 Å². The maximum absolute atomic E-state index is 9.80. The van der Waals surface area contributed by atoms with Gasteiger partial charge in [0.15, 0.2) is 0 Å². The lowest BCUT2D eigenvalue weighted by Crippen LogP contribution is -2.35. The summed E-state index contributed by atoms with van der Waals surface area (Å²) in [6, 6.07) is 0. The van der Waals surface area contributed by atoms with Crippen molar-refractivity contribution < 1.29 is 19.7 Å². The maximum Gasteiger partial charge on any atom is 0.111 e. The van der Waals surface area contributed by atoms with Crippen molar-refractivity contribution >= 4 is 0 Å². The average molecular weight is 246 g/mol. The first kappa shape index (κ1) is 14.9. The number of unbranched alkanes of at least 4 members (excludes halogenated alkanes) is 1. The Labute approximate surface area is 104 Å². The number of ether oxygens (including phenoxy) is 2. The molecule has 0 aromatic heterocycles. The molecule has 4 nitrogen and oxygen atoms in total. The molecule has 2 N–H and O–H groups in total. The first-order valence-corrected chi connectivity index (χ1v) is 6.75. The van der Waals surface area contributed by atoms with E-state index in [2.05, 4.69) is 13.8 Å². The molecule has 1 aliphatic heterocycles. The van der Waals surface area contributed by atoms with E-state index < -0.39 is 12.2 Å². The Morgan fingerprint density at radius 1 is 1.41 bits per heavy atom. The van der Waals surface area contributed by atoms with Gasteiger partial charge in [-0.2, -0.15) is 0 Å². The summed E-state index contributed by atoms with van der Waals surface area (Å²) < 4.78 is 11.0. The molecule has 0 aliphatic carbocycles. The molecule has 17 heavy (non-hydrogen) atoms. The van der Waals surface area contributed by atoms with E-state index in [0.717, 1.165) is 6.42 Å². The Morgan fingerprint density at radius 3 is 2.71 bits per heavy atom. The lowest BCUT2D eigenvalue weighted by atomic mass is 10.0. The largest absolute Gasteiger partial charge is 0.394 e. The molecule has 0 aromatic carbocycles. The van der Waals surface area contributed by atoms with Gasteiger partial charge in [-0.05, 0) is 12.3 Å². The molecule has 1 heterocycles. The smallest absolute Gasteiger partial charge is 0.111 e. The zero-order valence-corrected chi connectivity index (χ0v) is 11.0. The van der Waals surface area contributed by atoms with Crippen molar-refractivity contribution in [1.82, 2.24) is 0 Å². The predicted molar refractivity (Wildman–Crippen MR) is 65.9 cm³/mol. The third-order valence-electron chi connectivity index (χ3n) is 3.51. The topological polar surface area (TPSA) is 58.9 Å². The van der Waals surface area contributed by atoms with Gasteiger partial charge < -0.3 is 19.7 Å². The number of rotatable bonds is 8. The summed E-state index contributed by atoms with van der Waals surface area (Å²) in [5.41, 5.74) is 0. The summed E-state index contributed by atoms with van der Waals surface area (Å²) in [6.07, 6.45) is 3.28. The molecule has 4 heteroatoms. The van der Waals surface area contributed by atoms with Crippen LogP contribution in [0.2, 0.25) is 0 Å². The maximum atomic E-state index is 9.80. The van der Waals surface area contributed by atoms with Crippen LogP contribution < -0.4 is 0 Å². The second kappa shape index (κ2) is 8.03. The van der Waals surface area contributed by atoms with Crippen LogP contribution in [0.1, 0.15) is 39.5 Å². The first-order valence-electron chi connectivity index (χ1n) is 6.75. The van der Waals surface area contributed by atoms with Crippen molar-refractivity contribution in [3.63, 3.8) is 0 Å². The summed E-state index contributed by atoms with van der Waals surface area (Å²) in [7, 11) is 0. The van der Waals surface area contributed by atoms with E-state index >= 15 is 0 Å². The number of aliphatic hydroxyl groups is 2. The van der Waals surface area contributed by atoms with Crippen LogP contribution in [0.3, 0.4) is 0 Å². The van der Waals surface area contributed by atoms with Crippen molar-refractivity contribution in [2.24, 2.45) is 5.92 Å². The molecular formula is C13H26O4. The highest BCUT2D eigenvalue weighted by Gasteiger charge is 2.36. The van der Waals surface area contributed by atoms with E-state index in [1.807, 2.05) is 0 Å². The van der Waals surface area contributed by atoms with Crippen LogP contribution >= 0.6 is 0 Å². The van der Waals surface area contributed by atoms with Crippen molar-refractivity contribution in [3.05, 3.63) is 0 Å². The Balaban J connectivity index is 2.25. The lowest BCUT2D eigenvalue weighted by Gasteiger charge is -2.20. The van der Waals surface area contributed by atoms with Gasteiger partial charge in [-0.3, -0.25) is 0 Å². The minimum Gasteiger partial charge on any atom is -0.394 e. The third-order valence-corrected chi connectivity index (χ3v) is 3.51. The molecule has 0 amide bonds. The Bertz CT molecular complexity index is 198. The number of hydrogen-bond acceptors (Lipinski definition) is 4. The predicted octanol–water partition coefficient (Wildman–Crippen LogP) is 1.34. The van der Waals surface area contributed by atoms with E-state index in [1.54, 1.807) is 0 Å². The molecule has 1 unspecified atom stereocenters. The van der Waals surface area contributed by atoms with E-state index in [1.165, 1.54) is 19.3 Å². The minimum atomic E-state index is -0.691. The van der Waals surface area contributed by atoms with Crippen LogP contribution in [-0.2, 0) is 9.47 Å². The SMILES string of the molecule is CCCCC(CC)CO[C@@H]1CO[C@H](CO)[C@@H]1O. The highest BCUT2D eigenvalue weighted by molar-refractivity contribution is 4.84. The summed E-state index contributed by atoms with van der Waals surface area (Å²) in [5.74, 6) is 0.565. The molecule has 1 saturated heterocycles. The van der Waals surface area contributed by atoms with Crippen molar-refractivity contribution in [3.8, 4) is 0 Å². The van der Waals surface area contributed by atoms with E-state index in [4.69, 9.17) is 14.6 Å². The fourth-order valence-electron chi connectivity index (χ4n) is 2.12. The molecule has 102 valence electrons. The first-order chi connectivity index (χ1) is 8.22. The van der Waals surface area contributed by atoms with Gasteiger partial charge in [0, 0.05) is 0 Å². The zero-order valence-electron chi connectivity index (χ0n) is 11.0. The van der Waals surface area contributed by atoms with Gasteiger partial charge in [0.1, 0.15) is 18.3 Å². The molecule has 0 bridgehead atoms. The fourth-order valence-corrected chi connectivity index (χ4v) is 2.12. The van der Waals surface area contributed by atoms with Crippen LogP contribution in [0.4, 0.5) is 0 Å². The second-order valence-corrected chi connectivity index (χ2v) is 4.83. The van der Waals surface area contributed by atoms with Crippen molar-refractivity contribution in [1.29, 1.82) is 0 Å². The van der Waals surface area contributed by atoms with Crippen LogP contribution in [0.25, 0.3) is 0 Å². The summed E-state index contributed by atoms with van der Waals surface area (Å²) in [5, 5.41) is 18.8. The van der Waals surface area contributed by atoms with Gasteiger partial charge >= 0.3 is 0 Å². The summed E-state index contributed by atoms with van der Waals surface area (Å²) in [6.45, 7) is 5.28. The van der Waals surface area contributed by atoms with E-state index in [-0.39, 0.29) is 12.7 Å². The van der Waals surface area contributed by atoms with Crippen LogP contribution in [0.15, 0.2) is 0 Å². The van der Waals surface area contributed by atoms with E-state index in [0.29, 0.717) is 19.1 Å². The molecular weight excluding hydrogens is 220 g/mol. The minimum absolute atomic E-state index is 0.145. The monoisotopic (exact) mass is 246 g/mol. The highest BCUT2D eigenvalue weighted by Crippen LogP contribution is 2.20. The fraction of sp³-hybridized carbons (Fsp3) is 1.00. The van der Waals surface area contributed by atoms with Crippen molar-refractivity contribution in [2.45, 2.75) is 57.8 Å². The molecule has 0 radical (unpaired) electrons. The standard InChI is InChI=1S/C13H26O4/c1-3-5-6-10(4-2)8-16-12-9-17-11(7-14)13(12)15/h10-15H,3-9H2,1-2H3/t10?,11-,12-,13+/m1/s1. The lowest BCUT2D eigenvalue weighted by molar-refractivity contribution is -0.0386. The zero-order chi connectivity index (χ0) is 12.7. The molecule has 1 fully saturated rings. The van der Waals surface area contributed by atoms with Gasteiger partial charge in [0.05, 0.1) is 19.8 Å². The van der Waals surface area contributed by atoms with Crippen LogP contribution in [0.5, 0.6) is 0 Å². The molecule has 0 spiro atoms. The Hall–Kier alpha value is -0.160. The normalized spacial score (nSPS) is 30.7. The van der Waals surface area contributed by atoms with Crippen molar-refractivity contribution in [2.75, 3.05) is 19.8 Å². The van der Waals surface area contributed by atoms with Gasteiger partial charge in [0.2, 0.25) is 0 Å². The van der Waals surface area contributed by atoms with Gasteiger partial charge in [0.25, 0.3) is 0 Å². The van der Waals surface area contributed by atoms with Crippen LogP contribution in [-0.4, -0.2) is 48.3 Å². The molecule has 4 atom stereocenters. The van der Waals surface area contributed by atoms with E-state index in [9.17, 15) is 5.11 Å². The molecule has 0 saturated carbocycles. The number of hydrogen-bond donors (Lipinski definition) is 2. The Morgan fingerprint density at radius 2 is 2.18 bits per heavy atom. The molecule has 1 rings (SSSR count). The van der Waals surface area contributed by atoms with Gasteiger partial charge in [-0.25, -0.2) is 0 Å². The molecule has 0 aromatic rings. The summed E-state index contributed by atoms with van der Waals surface area (Å²) >= 11 is 0. The average Bonchev–Trinajstić information content (AvgIpc) is 2.70. The number of aliphatic hydroxyl groups excluding tert-OH is 2. The third kappa shape index (κ3) is 4.54. The second-order valence-electron chi connectivity index (χ2n) is 4.83. The molecule has 1 aliphatic rings. The van der Waals surface area contributed by atoms with Gasteiger partial charge in [-0.15, -0.1) is 0 Å². The Kier molecular flexibility index (Phi) is 7.04. The quantitative estimate of drug-likeness (QED) is 0.678. The summed E-state index contributed by atoms with van der Waals surface area (Å²) in [4.78, 5) is 0. The highest BCUT2D eigenvalue weighted by atomic mass is 16.6. The van der Waals surface area contributed by atoms with Crippen LogP contribution in [0, 0.1) is 5.92 Å².